The van der Waals surface area contributed by atoms with Crippen LogP contribution in [0.1, 0.15) is 50.2 Å². The van der Waals surface area contributed by atoms with E-state index in [1.807, 2.05) is 12.1 Å². The lowest BCUT2D eigenvalue weighted by atomic mass is 9.91. The highest BCUT2D eigenvalue weighted by molar-refractivity contribution is 5.85. The van der Waals surface area contributed by atoms with Crippen LogP contribution < -0.4 is 15.4 Å². The van der Waals surface area contributed by atoms with Crippen molar-refractivity contribution in [2.24, 2.45) is 0 Å². The predicted molar refractivity (Wildman–Crippen MR) is 99.9 cm³/mol. The molecule has 0 aromatic heterocycles. The number of carbonyl (C=O) groups excluding carboxylic acids is 1. The van der Waals surface area contributed by atoms with Crippen molar-refractivity contribution in [3.63, 3.8) is 0 Å². The van der Waals surface area contributed by atoms with Crippen molar-refractivity contribution in [2.75, 3.05) is 26.8 Å². The molecule has 1 aliphatic rings. The monoisotopic (exact) mass is 348 g/mol. The Hall–Kier alpha value is -1.59. The molecule has 1 aromatic carbocycles. The van der Waals surface area contributed by atoms with Crippen molar-refractivity contribution in [3.05, 3.63) is 29.3 Å². The molecule has 0 saturated carbocycles. The predicted octanol–water partition coefficient (Wildman–Crippen LogP) is 2.95. The summed E-state index contributed by atoms with van der Waals surface area (Å²) in [5.74, 6) is 0.835. The summed E-state index contributed by atoms with van der Waals surface area (Å²) in [7, 11) is 1.62. The SMILES string of the molecule is CCCCCOc1cc(C)ccc1CNC(=O)C1(OC)CCNCC1. The molecule has 0 bridgehead atoms. The van der Waals surface area contributed by atoms with E-state index in [-0.39, 0.29) is 5.91 Å². The number of nitrogens with one attached hydrogen (secondary N) is 2. The molecule has 0 atom stereocenters. The Morgan fingerprint density at radius 3 is 2.72 bits per heavy atom. The second-order valence-electron chi connectivity index (χ2n) is 6.80. The Morgan fingerprint density at radius 1 is 1.28 bits per heavy atom. The summed E-state index contributed by atoms with van der Waals surface area (Å²) < 4.78 is 11.5. The summed E-state index contributed by atoms with van der Waals surface area (Å²) >= 11 is 0. The van der Waals surface area contributed by atoms with E-state index >= 15 is 0 Å². The number of hydrogen-bond acceptors (Lipinski definition) is 4. The fourth-order valence-electron chi connectivity index (χ4n) is 3.17. The van der Waals surface area contributed by atoms with Gasteiger partial charge in [0, 0.05) is 19.2 Å². The number of piperidine rings is 1. The van der Waals surface area contributed by atoms with Crippen molar-refractivity contribution in [2.45, 2.75) is 58.1 Å². The second kappa shape index (κ2) is 9.78. The number of rotatable bonds is 9. The zero-order valence-corrected chi connectivity index (χ0v) is 15.8. The molecule has 1 fully saturated rings. The molecule has 0 unspecified atom stereocenters. The Kier molecular flexibility index (Phi) is 7.72. The lowest BCUT2D eigenvalue weighted by Gasteiger charge is -2.34. The summed E-state index contributed by atoms with van der Waals surface area (Å²) in [4.78, 5) is 12.7. The van der Waals surface area contributed by atoms with Crippen LogP contribution in [0.4, 0.5) is 0 Å². The minimum Gasteiger partial charge on any atom is -0.493 e. The van der Waals surface area contributed by atoms with Crippen LogP contribution in [0.25, 0.3) is 0 Å². The highest BCUT2D eigenvalue weighted by atomic mass is 16.5. The van der Waals surface area contributed by atoms with Gasteiger partial charge >= 0.3 is 0 Å². The van der Waals surface area contributed by atoms with Gasteiger partial charge in [0.05, 0.1) is 6.61 Å². The molecule has 0 radical (unpaired) electrons. The first kappa shape index (κ1) is 19.7. The molecule has 1 saturated heterocycles. The third-order valence-electron chi connectivity index (χ3n) is 4.88. The van der Waals surface area contributed by atoms with Crippen LogP contribution in [0.5, 0.6) is 5.75 Å². The first-order chi connectivity index (χ1) is 12.1. The van der Waals surface area contributed by atoms with Crippen LogP contribution >= 0.6 is 0 Å². The molecule has 140 valence electrons. The van der Waals surface area contributed by atoms with Gasteiger partial charge in [-0.2, -0.15) is 0 Å². The molecule has 1 heterocycles. The van der Waals surface area contributed by atoms with Crippen LogP contribution in [0.2, 0.25) is 0 Å². The molecule has 0 spiro atoms. The Labute approximate surface area is 151 Å². The van der Waals surface area contributed by atoms with Crippen LogP contribution in [0.15, 0.2) is 18.2 Å². The van der Waals surface area contributed by atoms with E-state index in [1.165, 1.54) is 12.8 Å². The van der Waals surface area contributed by atoms with E-state index in [0.717, 1.165) is 36.4 Å². The van der Waals surface area contributed by atoms with Gasteiger partial charge in [-0.1, -0.05) is 31.9 Å². The first-order valence-corrected chi connectivity index (χ1v) is 9.38. The van der Waals surface area contributed by atoms with Crippen LogP contribution in [0.3, 0.4) is 0 Å². The number of carbonyl (C=O) groups is 1. The third kappa shape index (κ3) is 5.44. The average Bonchev–Trinajstić information content (AvgIpc) is 2.64. The second-order valence-corrected chi connectivity index (χ2v) is 6.80. The quantitative estimate of drug-likeness (QED) is 0.674. The van der Waals surface area contributed by atoms with Gasteiger partial charge < -0.3 is 20.1 Å². The maximum absolute atomic E-state index is 12.7. The van der Waals surface area contributed by atoms with Crippen molar-refractivity contribution in [3.8, 4) is 5.75 Å². The number of methoxy groups -OCH3 is 1. The van der Waals surface area contributed by atoms with E-state index < -0.39 is 5.60 Å². The minimum absolute atomic E-state index is 0.0333. The van der Waals surface area contributed by atoms with Gasteiger partial charge in [-0.3, -0.25) is 4.79 Å². The summed E-state index contributed by atoms with van der Waals surface area (Å²) in [5.41, 5.74) is 1.46. The highest BCUT2D eigenvalue weighted by Gasteiger charge is 2.39. The number of hydrogen-bond donors (Lipinski definition) is 2. The molecule has 1 aliphatic heterocycles. The number of ether oxygens (including phenoxy) is 2. The van der Waals surface area contributed by atoms with Crippen LogP contribution in [0, 0.1) is 6.92 Å². The molecule has 1 aromatic rings. The van der Waals surface area contributed by atoms with E-state index in [0.29, 0.717) is 26.0 Å². The van der Waals surface area contributed by atoms with Gasteiger partial charge in [0.25, 0.3) is 5.91 Å². The Bertz CT molecular complexity index is 554. The van der Waals surface area contributed by atoms with E-state index in [1.54, 1.807) is 7.11 Å². The van der Waals surface area contributed by atoms with Gasteiger partial charge in [-0.15, -0.1) is 0 Å². The van der Waals surface area contributed by atoms with Crippen molar-refractivity contribution < 1.29 is 14.3 Å². The number of aryl methyl sites for hydroxylation is 1. The number of amides is 1. The Balaban J connectivity index is 1.98. The molecule has 5 nitrogen and oxygen atoms in total. The van der Waals surface area contributed by atoms with Gasteiger partial charge in [0.15, 0.2) is 0 Å². The zero-order chi connectivity index (χ0) is 18.1. The zero-order valence-electron chi connectivity index (χ0n) is 15.8. The molecular weight excluding hydrogens is 316 g/mol. The lowest BCUT2D eigenvalue weighted by molar-refractivity contribution is -0.146. The Morgan fingerprint density at radius 2 is 2.04 bits per heavy atom. The molecular formula is C20H32N2O3. The molecule has 0 aliphatic carbocycles. The van der Waals surface area contributed by atoms with Crippen molar-refractivity contribution in [1.29, 1.82) is 0 Å². The number of benzene rings is 1. The maximum Gasteiger partial charge on any atom is 0.252 e. The van der Waals surface area contributed by atoms with Crippen molar-refractivity contribution >= 4 is 5.91 Å². The van der Waals surface area contributed by atoms with Gasteiger partial charge in [0.2, 0.25) is 0 Å². The lowest BCUT2D eigenvalue weighted by Crippen LogP contribution is -2.53. The fourth-order valence-corrected chi connectivity index (χ4v) is 3.17. The standard InChI is InChI=1S/C20H32N2O3/c1-4-5-6-13-25-18-14-16(2)7-8-17(18)15-22-19(23)20(24-3)9-11-21-12-10-20/h7-8,14,21H,4-6,9-13,15H2,1-3H3,(H,22,23). The smallest absolute Gasteiger partial charge is 0.252 e. The van der Waals surface area contributed by atoms with E-state index in [4.69, 9.17) is 9.47 Å². The largest absolute Gasteiger partial charge is 0.493 e. The molecule has 5 heteroatoms. The number of unbranched alkanes of at least 4 members (excludes halogenated alkanes) is 2. The van der Waals surface area contributed by atoms with Gasteiger partial charge in [-0.25, -0.2) is 0 Å². The molecule has 1 amide bonds. The summed E-state index contributed by atoms with van der Waals surface area (Å²) in [6.45, 7) is 7.01. The van der Waals surface area contributed by atoms with Crippen molar-refractivity contribution in [1.82, 2.24) is 10.6 Å². The van der Waals surface area contributed by atoms with Crippen LogP contribution in [-0.4, -0.2) is 38.3 Å². The molecule has 2 N–H and O–H groups in total. The summed E-state index contributed by atoms with van der Waals surface area (Å²) in [6, 6.07) is 6.13. The third-order valence-corrected chi connectivity index (χ3v) is 4.88. The van der Waals surface area contributed by atoms with Crippen LogP contribution in [-0.2, 0) is 16.1 Å². The molecule has 25 heavy (non-hydrogen) atoms. The fraction of sp³-hybridized carbons (Fsp3) is 0.650. The summed E-state index contributed by atoms with van der Waals surface area (Å²) in [6.07, 6.45) is 4.79. The maximum atomic E-state index is 12.7. The summed E-state index contributed by atoms with van der Waals surface area (Å²) in [5, 5.41) is 6.32. The van der Waals surface area contributed by atoms with Gasteiger partial charge in [0.1, 0.15) is 11.4 Å². The topological polar surface area (TPSA) is 59.6 Å². The normalized spacial score (nSPS) is 16.4. The first-order valence-electron chi connectivity index (χ1n) is 9.38. The van der Waals surface area contributed by atoms with E-state index in [9.17, 15) is 4.79 Å². The molecule has 2 rings (SSSR count). The highest BCUT2D eigenvalue weighted by Crippen LogP contribution is 2.24. The van der Waals surface area contributed by atoms with Gasteiger partial charge in [-0.05, 0) is 50.9 Å². The van der Waals surface area contributed by atoms with E-state index in [2.05, 4.69) is 30.5 Å². The minimum atomic E-state index is -0.710. The average molecular weight is 348 g/mol.